The third kappa shape index (κ3) is 5.81. The van der Waals surface area contributed by atoms with Gasteiger partial charge in [-0.25, -0.2) is 0 Å². The van der Waals surface area contributed by atoms with Crippen molar-refractivity contribution < 1.29 is 24.2 Å². The maximum atomic E-state index is 12.4. The normalized spacial score (nSPS) is 14.5. The lowest BCUT2D eigenvalue weighted by molar-refractivity contribution is -0.137. The summed E-state index contributed by atoms with van der Waals surface area (Å²) >= 11 is 0. The van der Waals surface area contributed by atoms with Gasteiger partial charge in [-0.1, -0.05) is 36.4 Å². The highest BCUT2D eigenvalue weighted by atomic mass is 16.5. The second-order valence-corrected chi connectivity index (χ2v) is 6.90. The van der Waals surface area contributed by atoms with Gasteiger partial charge in [0.2, 0.25) is 5.91 Å². The molecule has 0 radical (unpaired) electrons. The van der Waals surface area contributed by atoms with Crippen LogP contribution in [0.1, 0.15) is 37.3 Å². The predicted molar refractivity (Wildman–Crippen MR) is 108 cm³/mol. The number of carbonyl (C=O) groups excluding carboxylic acids is 2. The Morgan fingerprint density at radius 3 is 2.62 bits per heavy atom. The molecule has 0 spiro atoms. The Morgan fingerprint density at radius 2 is 1.93 bits per heavy atom. The maximum Gasteiger partial charge on any atom is 0.303 e. The number of hydrogen-bond donors (Lipinski definition) is 2. The molecule has 1 fully saturated rings. The number of aliphatic carboxylic acids is 1. The number of anilines is 1. The fraction of sp³-hybridized carbons (Fsp3) is 0.318. The van der Waals surface area contributed by atoms with Crippen LogP contribution in [0, 0.1) is 0 Å². The summed E-state index contributed by atoms with van der Waals surface area (Å²) in [4.78, 5) is 36.9. The van der Waals surface area contributed by atoms with Gasteiger partial charge in [-0.3, -0.25) is 14.4 Å². The smallest absolute Gasteiger partial charge is 0.303 e. The molecule has 2 aromatic rings. The van der Waals surface area contributed by atoms with Gasteiger partial charge in [0.25, 0.3) is 5.91 Å². The van der Waals surface area contributed by atoms with E-state index in [0.29, 0.717) is 18.7 Å². The van der Waals surface area contributed by atoms with Crippen LogP contribution in [0.4, 0.5) is 5.69 Å². The highest BCUT2D eigenvalue weighted by molar-refractivity contribution is 5.95. The Bertz CT molecular complexity index is 869. The van der Waals surface area contributed by atoms with E-state index in [0.717, 1.165) is 17.7 Å². The summed E-state index contributed by atoms with van der Waals surface area (Å²) in [5.74, 6) is -0.667. The second kappa shape index (κ2) is 9.73. The number of carboxylic acid groups (broad SMARTS) is 1. The van der Waals surface area contributed by atoms with Crippen LogP contribution in [-0.2, 0) is 14.4 Å². The van der Waals surface area contributed by atoms with Crippen molar-refractivity contribution in [3.63, 3.8) is 0 Å². The number of hydrogen-bond acceptors (Lipinski definition) is 4. The topological polar surface area (TPSA) is 95.9 Å². The third-order valence-corrected chi connectivity index (χ3v) is 4.76. The van der Waals surface area contributed by atoms with E-state index in [1.54, 1.807) is 23.1 Å². The van der Waals surface area contributed by atoms with Crippen molar-refractivity contribution in [1.82, 2.24) is 5.32 Å². The van der Waals surface area contributed by atoms with Crippen molar-refractivity contribution in [2.45, 2.75) is 31.7 Å². The molecule has 1 unspecified atom stereocenters. The fourth-order valence-corrected chi connectivity index (χ4v) is 3.32. The van der Waals surface area contributed by atoms with Crippen molar-refractivity contribution in [3.05, 3.63) is 60.2 Å². The van der Waals surface area contributed by atoms with E-state index >= 15 is 0 Å². The van der Waals surface area contributed by atoms with Gasteiger partial charge < -0.3 is 20.1 Å². The maximum absolute atomic E-state index is 12.4. The lowest BCUT2D eigenvalue weighted by Gasteiger charge is -2.19. The number of carbonyl (C=O) groups is 3. The van der Waals surface area contributed by atoms with Crippen LogP contribution in [0.5, 0.6) is 5.75 Å². The lowest BCUT2D eigenvalue weighted by atomic mass is 10.0. The number of benzene rings is 2. The van der Waals surface area contributed by atoms with E-state index in [9.17, 15) is 14.4 Å². The molecule has 2 N–H and O–H groups in total. The molecule has 152 valence electrons. The molecule has 1 aliphatic heterocycles. The Hall–Kier alpha value is -3.35. The monoisotopic (exact) mass is 396 g/mol. The first kappa shape index (κ1) is 20.4. The van der Waals surface area contributed by atoms with Crippen LogP contribution < -0.4 is 15.0 Å². The Labute approximate surface area is 169 Å². The molecule has 29 heavy (non-hydrogen) atoms. The summed E-state index contributed by atoms with van der Waals surface area (Å²) in [5.41, 5.74) is 1.60. The number of rotatable bonds is 9. The minimum Gasteiger partial charge on any atom is -0.484 e. The molecule has 0 saturated carbocycles. The summed E-state index contributed by atoms with van der Waals surface area (Å²) in [6.07, 6.45) is 1.62. The van der Waals surface area contributed by atoms with E-state index < -0.39 is 12.0 Å². The average molecular weight is 396 g/mol. The molecular weight excluding hydrogens is 372 g/mol. The molecular formula is C22H24N2O5. The SMILES string of the molecule is O=C(O)CCC(NC(=O)COc1cccc(N2CCCC2=O)c1)c1ccccc1. The molecule has 1 saturated heterocycles. The summed E-state index contributed by atoms with van der Waals surface area (Å²) in [6, 6.07) is 16.0. The van der Waals surface area contributed by atoms with Gasteiger partial charge in [-0.05, 0) is 30.5 Å². The van der Waals surface area contributed by atoms with Gasteiger partial charge in [0.15, 0.2) is 6.61 Å². The Morgan fingerprint density at radius 1 is 1.14 bits per heavy atom. The summed E-state index contributed by atoms with van der Waals surface area (Å²) < 4.78 is 5.60. The van der Waals surface area contributed by atoms with E-state index in [4.69, 9.17) is 9.84 Å². The molecule has 0 aliphatic carbocycles. The zero-order valence-electron chi connectivity index (χ0n) is 16.0. The van der Waals surface area contributed by atoms with Gasteiger partial charge in [0, 0.05) is 31.1 Å². The molecule has 7 heteroatoms. The molecule has 2 amide bonds. The van der Waals surface area contributed by atoms with Crippen LogP contribution >= 0.6 is 0 Å². The number of amides is 2. The van der Waals surface area contributed by atoms with Crippen molar-refractivity contribution >= 4 is 23.5 Å². The second-order valence-electron chi connectivity index (χ2n) is 6.90. The van der Waals surface area contributed by atoms with E-state index in [1.807, 2.05) is 36.4 Å². The lowest BCUT2D eigenvalue weighted by Crippen LogP contribution is -2.33. The molecule has 2 aromatic carbocycles. The first-order chi connectivity index (χ1) is 14.0. The van der Waals surface area contributed by atoms with Gasteiger partial charge in [-0.15, -0.1) is 0 Å². The van der Waals surface area contributed by atoms with Crippen molar-refractivity contribution in [1.29, 1.82) is 0 Å². The highest BCUT2D eigenvalue weighted by Crippen LogP contribution is 2.25. The van der Waals surface area contributed by atoms with Crippen LogP contribution in [0.25, 0.3) is 0 Å². The number of nitrogens with zero attached hydrogens (tertiary/aromatic N) is 1. The quantitative estimate of drug-likeness (QED) is 0.679. The zero-order valence-corrected chi connectivity index (χ0v) is 16.0. The van der Waals surface area contributed by atoms with Crippen molar-refractivity contribution in [2.24, 2.45) is 0 Å². The molecule has 1 heterocycles. The summed E-state index contributed by atoms with van der Waals surface area (Å²) in [6.45, 7) is 0.485. The van der Waals surface area contributed by atoms with Gasteiger partial charge in [-0.2, -0.15) is 0 Å². The standard InChI is InChI=1S/C22H24N2O5/c25-20(23-19(11-12-22(27)28)16-6-2-1-3-7-16)15-29-18-9-4-8-17(14-18)24-13-5-10-21(24)26/h1-4,6-9,14,19H,5,10-13,15H2,(H,23,25)(H,27,28). The summed E-state index contributed by atoms with van der Waals surface area (Å²) in [5, 5.41) is 11.8. The zero-order chi connectivity index (χ0) is 20.6. The van der Waals surface area contributed by atoms with Gasteiger partial charge in [0.1, 0.15) is 5.75 Å². The van der Waals surface area contributed by atoms with Crippen LogP contribution in [0.3, 0.4) is 0 Å². The first-order valence-electron chi connectivity index (χ1n) is 9.62. The van der Waals surface area contributed by atoms with Crippen LogP contribution in [0.15, 0.2) is 54.6 Å². The fourth-order valence-electron chi connectivity index (χ4n) is 3.32. The van der Waals surface area contributed by atoms with E-state index in [2.05, 4.69) is 5.32 Å². The first-order valence-corrected chi connectivity index (χ1v) is 9.62. The third-order valence-electron chi connectivity index (χ3n) is 4.76. The molecule has 0 bridgehead atoms. The average Bonchev–Trinajstić information content (AvgIpc) is 3.16. The largest absolute Gasteiger partial charge is 0.484 e. The molecule has 1 aliphatic rings. The number of ether oxygens (including phenoxy) is 1. The van der Waals surface area contributed by atoms with E-state index in [1.165, 1.54) is 0 Å². The number of nitrogens with one attached hydrogen (secondary N) is 1. The van der Waals surface area contributed by atoms with Crippen LogP contribution in [-0.4, -0.2) is 36.0 Å². The molecule has 0 aromatic heterocycles. The minimum absolute atomic E-state index is 0.0490. The van der Waals surface area contributed by atoms with Crippen molar-refractivity contribution in [2.75, 3.05) is 18.1 Å². The summed E-state index contributed by atoms with van der Waals surface area (Å²) in [7, 11) is 0. The van der Waals surface area contributed by atoms with Crippen LogP contribution in [0.2, 0.25) is 0 Å². The number of carboxylic acids is 1. The minimum atomic E-state index is -0.912. The molecule has 7 nitrogen and oxygen atoms in total. The van der Waals surface area contributed by atoms with E-state index in [-0.39, 0.29) is 31.3 Å². The Kier molecular flexibility index (Phi) is 6.84. The predicted octanol–water partition coefficient (Wildman–Crippen LogP) is 2.91. The van der Waals surface area contributed by atoms with Gasteiger partial charge in [0.05, 0.1) is 6.04 Å². The molecule has 1 atom stereocenters. The van der Waals surface area contributed by atoms with Crippen molar-refractivity contribution in [3.8, 4) is 5.75 Å². The highest BCUT2D eigenvalue weighted by Gasteiger charge is 2.22. The Balaban J connectivity index is 1.59. The molecule has 3 rings (SSSR count). The van der Waals surface area contributed by atoms with Gasteiger partial charge >= 0.3 is 5.97 Å².